The number of pyridine rings is 1. The van der Waals surface area contributed by atoms with Crippen molar-refractivity contribution in [1.29, 1.82) is 0 Å². The molecule has 2 saturated heterocycles. The van der Waals surface area contributed by atoms with E-state index in [1.165, 1.54) is 25.1 Å². The number of nitrogens with zero attached hydrogens (tertiary/aromatic N) is 2. The smallest absolute Gasteiger partial charge is 0.0540 e. The summed E-state index contributed by atoms with van der Waals surface area (Å²) in [5.41, 5.74) is 2.55. The Bertz CT molecular complexity index is 634. The van der Waals surface area contributed by atoms with E-state index in [0.29, 0.717) is 6.04 Å². The number of benzene rings is 1. The van der Waals surface area contributed by atoms with Gasteiger partial charge in [0.05, 0.1) is 11.9 Å². The molecule has 5 rings (SSSR count). The zero-order valence-corrected chi connectivity index (χ0v) is 14.0. The van der Waals surface area contributed by atoms with Gasteiger partial charge in [-0.3, -0.25) is 9.88 Å². The highest BCUT2D eigenvalue weighted by molar-refractivity contribution is 9.10. The van der Waals surface area contributed by atoms with Crippen molar-refractivity contribution in [1.82, 2.24) is 9.88 Å². The van der Waals surface area contributed by atoms with Crippen LogP contribution in [0.15, 0.2) is 53.3 Å². The Balaban J connectivity index is 1.36. The van der Waals surface area contributed by atoms with Crippen LogP contribution in [0.3, 0.4) is 0 Å². The van der Waals surface area contributed by atoms with Crippen LogP contribution in [0, 0.1) is 11.8 Å². The van der Waals surface area contributed by atoms with Crippen LogP contribution in [0.25, 0.3) is 0 Å². The van der Waals surface area contributed by atoms with Crippen molar-refractivity contribution < 1.29 is 0 Å². The largest absolute Gasteiger partial charge is 0.380 e. The molecule has 3 fully saturated rings. The molecule has 1 aromatic heterocycles. The van der Waals surface area contributed by atoms with Crippen molar-refractivity contribution in [3.8, 4) is 0 Å². The van der Waals surface area contributed by atoms with Crippen LogP contribution in [0.5, 0.6) is 0 Å². The van der Waals surface area contributed by atoms with Gasteiger partial charge < -0.3 is 5.32 Å². The van der Waals surface area contributed by atoms with E-state index in [0.717, 1.165) is 28.5 Å². The predicted molar refractivity (Wildman–Crippen MR) is 92.7 cm³/mol. The number of rotatable bonds is 4. The minimum absolute atomic E-state index is 0.614. The van der Waals surface area contributed by atoms with Crippen molar-refractivity contribution in [3.63, 3.8) is 0 Å². The van der Waals surface area contributed by atoms with Gasteiger partial charge in [-0.2, -0.15) is 0 Å². The second-order valence-electron chi connectivity index (χ2n) is 6.50. The van der Waals surface area contributed by atoms with Crippen LogP contribution in [-0.4, -0.2) is 29.0 Å². The summed E-state index contributed by atoms with van der Waals surface area (Å²) in [6.45, 7) is 3.48. The van der Waals surface area contributed by atoms with E-state index in [2.05, 4.69) is 67.5 Å². The third kappa shape index (κ3) is 2.90. The molecule has 1 aliphatic carbocycles. The van der Waals surface area contributed by atoms with Crippen molar-refractivity contribution in [3.05, 3.63) is 58.8 Å². The highest BCUT2D eigenvalue weighted by Crippen LogP contribution is 2.42. The predicted octanol–water partition coefficient (Wildman–Crippen LogP) is 3.78. The number of fused-ring (bicyclic) bond motifs is 2. The van der Waals surface area contributed by atoms with Gasteiger partial charge >= 0.3 is 0 Å². The Morgan fingerprint density at radius 3 is 2.64 bits per heavy atom. The molecule has 1 aromatic carbocycles. The fourth-order valence-electron chi connectivity index (χ4n) is 3.87. The van der Waals surface area contributed by atoms with Gasteiger partial charge in [0, 0.05) is 36.3 Å². The average molecular weight is 358 g/mol. The van der Waals surface area contributed by atoms with Crippen LogP contribution in [0.2, 0.25) is 0 Å². The number of hydrogen-bond acceptors (Lipinski definition) is 3. The van der Waals surface area contributed by atoms with E-state index >= 15 is 0 Å². The zero-order chi connectivity index (χ0) is 14.9. The van der Waals surface area contributed by atoms with Gasteiger partial charge in [-0.15, -0.1) is 0 Å². The summed E-state index contributed by atoms with van der Waals surface area (Å²) in [6, 6.07) is 13.5. The number of halogens is 1. The van der Waals surface area contributed by atoms with Crippen LogP contribution in [0.1, 0.15) is 12.0 Å². The average Bonchev–Trinajstić information content (AvgIpc) is 2.54. The first-order valence-electron chi connectivity index (χ1n) is 7.91. The maximum absolute atomic E-state index is 4.24. The summed E-state index contributed by atoms with van der Waals surface area (Å²) in [6.07, 6.45) is 5.11. The summed E-state index contributed by atoms with van der Waals surface area (Å²) >= 11 is 3.49. The molecule has 4 heteroatoms. The van der Waals surface area contributed by atoms with Crippen LogP contribution >= 0.6 is 15.9 Å². The Morgan fingerprint density at radius 2 is 1.91 bits per heavy atom. The topological polar surface area (TPSA) is 28.2 Å². The van der Waals surface area contributed by atoms with Gasteiger partial charge in [0.2, 0.25) is 0 Å². The van der Waals surface area contributed by atoms with E-state index in [1.807, 2.05) is 12.4 Å². The Morgan fingerprint density at radius 1 is 1.14 bits per heavy atom. The van der Waals surface area contributed by atoms with Crippen molar-refractivity contribution in [2.45, 2.75) is 19.0 Å². The number of nitrogens with one attached hydrogen (secondary N) is 1. The molecule has 22 heavy (non-hydrogen) atoms. The second-order valence-corrected chi connectivity index (χ2v) is 7.41. The third-order valence-electron chi connectivity index (χ3n) is 4.89. The van der Waals surface area contributed by atoms with Gasteiger partial charge in [-0.1, -0.05) is 30.3 Å². The Kier molecular flexibility index (Phi) is 3.89. The second kappa shape index (κ2) is 6.01. The van der Waals surface area contributed by atoms with Crippen LogP contribution < -0.4 is 5.32 Å². The SMILES string of the molecule is Brc1cncc(NC2C3CC2CN(Cc2ccccc2)C3)c1. The zero-order valence-electron chi connectivity index (χ0n) is 12.5. The first kappa shape index (κ1) is 14.2. The van der Waals surface area contributed by atoms with Gasteiger partial charge in [0.25, 0.3) is 0 Å². The summed E-state index contributed by atoms with van der Waals surface area (Å²) in [5, 5.41) is 3.69. The van der Waals surface area contributed by atoms with Gasteiger partial charge in [0.15, 0.2) is 0 Å². The molecule has 0 radical (unpaired) electrons. The number of piperidine rings is 2. The Hall–Kier alpha value is -1.39. The fraction of sp³-hybridized carbons (Fsp3) is 0.389. The lowest BCUT2D eigenvalue weighted by Crippen LogP contribution is -2.60. The molecule has 2 atom stereocenters. The van der Waals surface area contributed by atoms with Gasteiger partial charge in [-0.25, -0.2) is 0 Å². The summed E-state index contributed by atoms with van der Waals surface area (Å²) in [5.74, 6) is 1.53. The van der Waals surface area contributed by atoms with Crippen LogP contribution in [-0.2, 0) is 6.54 Å². The first-order valence-corrected chi connectivity index (χ1v) is 8.70. The lowest BCUT2D eigenvalue weighted by molar-refractivity contribution is 0.00750. The van der Waals surface area contributed by atoms with Crippen molar-refractivity contribution in [2.75, 3.05) is 18.4 Å². The lowest BCUT2D eigenvalue weighted by Gasteiger charge is -2.54. The molecule has 0 amide bonds. The normalized spacial score (nSPS) is 27.2. The minimum atomic E-state index is 0.614. The summed E-state index contributed by atoms with van der Waals surface area (Å²) in [4.78, 5) is 6.84. The molecule has 114 valence electrons. The molecule has 0 spiro atoms. The standard InChI is InChI=1S/C18H20BrN3/c19-16-7-17(9-20-8-16)21-18-14-6-15(18)12-22(11-14)10-13-4-2-1-3-5-13/h1-5,7-9,14-15,18,21H,6,10-12H2. The molecular weight excluding hydrogens is 338 g/mol. The molecule has 3 heterocycles. The van der Waals surface area contributed by atoms with Gasteiger partial charge in [-0.05, 0) is 45.8 Å². The van der Waals surface area contributed by atoms with Crippen molar-refractivity contribution >= 4 is 21.6 Å². The van der Waals surface area contributed by atoms with Gasteiger partial charge in [0.1, 0.15) is 0 Å². The van der Waals surface area contributed by atoms with E-state index in [4.69, 9.17) is 0 Å². The molecule has 3 aliphatic rings. The monoisotopic (exact) mass is 357 g/mol. The van der Waals surface area contributed by atoms with E-state index in [9.17, 15) is 0 Å². The maximum Gasteiger partial charge on any atom is 0.0540 e. The van der Waals surface area contributed by atoms with Crippen LogP contribution in [0.4, 0.5) is 5.69 Å². The van der Waals surface area contributed by atoms with E-state index in [1.54, 1.807) is 0 Å². The Labute approximate surface area is 139 Å². The number of hydrogen-bond donors (Lipinski definition) is 1. The maximum atomic E-state index is 4.24. The third-order valence-corrected chi connectivity index (χ3v) is 5.33. The molecule has 1 N–H and O–H groups in total. The van der Waals surface area contributed by atoms with Crippen molar-refractivity contribution in [2.24, 2.45) is 11.8 Å². The summed E-state index contributed by atoms with van der Waals surface area (Å²) < 4.78 is 1.03. The minimum Gasteiger partial charge on any atom is -0.380 e. The molecule has 2 bridgehead atoms. The molecule has 2 unspecified atom stereocenters. The molecule has 1 saturated carbocycles. The molecule has 2 aliphatic heterocycles. The lowest BCUT2D eigenvalue weighted by atomic mass is 9.66. The fourth-order valence-corrected chi connectivity index (χ4v) is 4.24. The molecule has 3 nitrogen and oxygen atoms in total. The number of anilines is 1. The quantitative estimate of drug-likeness (QED) is 0.902. The molecule has 2 aromatic rings. The van der Waals surface area contributed by atoms with E-state index in [-0.39, 0.29) is 0 Å². The highest BCUT2D eigenvalue weighted by atomic mass is 79.9. The number of aromatic nitrogens is 1. The summed E-state index contributed by atoms with van der Waals surface area (Å²) in [7, 11) is 0. The first-order chi connectivity index (χ1) is 10.8. The van der Waals surface area contributed by atoms with E-state index < -0.39 is 0 Å². The molecular formula is C18H20BrN3. The highest BCUT2D eigenvalue weighted by Gasteiger charge is 2.46.